The van der Waals surface area contributed by atoms with E-state index in [1.807, 2.05) is 43.3 Å². The molecule has 0 bridgehead atoms. The molecule has 0 N–H and O–H groups in total. The molecule has 2 nitrogen and oxygen atoms in total. The van der Waals surface area contributed by atoms with Crippen LogP contribution in [0.15, 0.2) is 48.5 Å². The lowest BCUT2D eigenvalue weighted by Crippen LogP contribution is -2.25. The second-order valence-corrected chi connectivity index (χ2v) is 10.2. The van der Waals surface area contributed by atoms with Crippen molar-refractivity contribution in [1.82, 2.24) is 0 Å². The second kappa shape index (κ2) is 10.5. The van der Waals surface area contributed by atoms with Crippen LogP contribution in [-0.4, -0.2) is 5.97 Å². The summed E-state index contributed by atoms with van der Waals surface area (Å²) >= 11 is 0. The van der Waals surface area contributed by atoms with Gasteiger partial charge in [0.05, 0.1) is 5.56 Å². The first-order valence-corrected chi connectivity index (χ1v) is 12.4. The van der Waals surface area contributed by atoms with Crippen LogP contribution in [0.4, 0.5) is 0 Å². The van der Waals surface area contributed by atoms with Crippen LogP contribution in [0.2, 0.25) is 0 Å². The molecular formula is C29H38O2. The summed E-state index contributed by atoms with van der Waals surface area (Å²) in [6.45, 7) is 4.44. The van der Waals surface area contributed by atoms with Gasteiger partial charge in [-0.3, -0.25) is 0 Å². The molecule has 2 fully saturated rings. The molecule has 0 atom stereocenters. The van der Waals surface area contributed by atoms with Crippen LogP contribution in [-0.2, 0) is 6.42 Å². The van der Waals surface area contributed by atoms with Crippen molar-refractivity contribution < 1.29 is 9.53 Å². The standard InChI is InChI=1S/C29H38O2/c1-21-3-13-25(14-4-21)26-15-9-23(10-16-26)7-8-24-11-17-27(18-12-24)29(30)31-28-19-5-22(2)6-20-28/h5-6,11-12,17-21,23,25-26H,3-4,7-10,13-16H2,1-2H3. The summed E-state index contributed by atoms with van der Waals surface area (Å²) in [5.74, 6) is 4.17. The van der Waals surface area contributed by atoms with E-state index in [0.717, 1.165) is 35.7 Å². The molecular weight excluding hydrogens is 380 g/mol. The van der Waals surface area contributed by atoms with Crippen LogP contribution < -0.4 is 4.74 Å². The molecule has 2 heteroatoms. The highest BCUT2D eigenvalue weighted by Gasteiger charge is 2.29. The Bertz CT molecular complexity index is 820. The fraction of sp³-hybridized carbons (Fsp3) is 0.552. The maximum absolute atomic E-state index is 12.4. The van der Waals surface area contributed by atoms with Gasteiger partial charge in [0.15, 0.2) is 0 Å². The lowest BCUT2D eigenvalue weighted by molar-refractivity contribution is 0.0734. The number of ether oxygens (including phenoxy) is 1. The number of hydrogen-bond acceptors (Lipinski definition) is 2. The number of carbonyl (C=O) groups excluding carboxylic acids is 1. The smallest absolute Gasteiger partial charge is 0.343 e. The average molecular weight is 419 g/mol. The molecule has 0 saturated heterocycles. The van der Waals surface area contributed by atoms with E-state index in [2.05, 4.69) is 19.1 Å². The van der Waals surface area contributed by atoms with Gasteiger partial charge in [-0.2, -0.15) is 0 Å². The summed E-state index contributed by atoms with van der Waals surface area (Å²) in [5, 5.41) is 0. The molecule has 0 spiro atoms. The van der Waals surface area contributed by atoms with Gasteiger partial charge in [-0.25, -0.2) is 4.79 Å². The zero-order chi connectivity index (χ0) is 21.6. The molecule has 2 aliphatic rings. The lowest BCUT2D eigenvalue weighted by atomic mass is 9.69. The number of carbonyl (C=O) groups is 1. The highest BCUT2D eigenvalue weighted by molar-refractivity contribution is 5.91. The first-order chi connectivity index (χ1) is 15.1. The highest BCUT2D eigenvalue weighted by Crippen LogP contribution is 2.42. The minimum absolute atomic E-state index is 0.286. The van der Waals surface area contributed by atoms with E-state index < -0.39 is 0 Å². The predicted octanol–water partition coefficient (Wildman–Crippen LogP) is 7.78. The minimum Gasteiger partial charge on any atom is -0.423 e. The summed E-state index contributed by atoms with van der Waals surface area (Å²) in [7, 11) is 0. The van der Waals surface area contributed by atoms with Gasteiger partial charge in [-0.1, -0.05) is 62.4 Å². The van der Waals surface area contributed by atoms with Gasteiger partial charge in [0.1, 0.15) is 5.75 Å². The summed E-state index contributed by atoms with van der Waals surface area (Å²) in [6, 6.07) is 15.6. The Labute approximate surface area is 188 Å². The number of esters is 1. The molecule has 31 heavy (non-hydrogen) atoms. The largest absolute Gasteiger partial charge is 0.423 e. The van der Waals surface area contributed by atoms with Gasteiger partial charge in [0.25, 0.3) is 0 Å². The molecule has 0 unspecified atom stereocenters. The van der Waals surface area contributed by atoms with E-state index >= 15 is 0 Å². The number of rotatable bonds is 6. The van der Waals surface area contributed by atoms with Crippen molar-refractivity contribution in [1.29, 1.82) is 0 Å². The molecule has 0 aliphatic heterocycles. The van der Waals surface area contributed by atoms with Crippen molar-refractivity contribution in [2.45, 2.75) is 78.1 Å². The Balaban J connectivity index is 1.20. The lowest BCUT2D eigenvalue weighted by Gasteiger charge is -2.37. The van der Waals surface area contributed by atoms with Crippen LogP contribution in [0.25, 0.3) is 0 Å². The molecule has 2 aromatic rings. The number of hydrogen-bond donors (Lipinski definition) is 0. The summed E-state index contributed by atoms with van der Waals surface area (Å²) in [5.41, 5.74) is 3.10. The van der Waals surface area contributed by atoms with E-state index in [0.29, 0.717) is 11.3 Å². The molecule has 0 aromatic heterocycles. The fourth-order valence-electron chi connectivity index (χ4n) is 5.66. The maximum atomic E-state index is 12.4. The van der Waals surface area contributed by atoms with Gasteiger partial charge < -0.3 is 4.74 Å². The fourth-order valence-corrected chi connectivity index (χ4v) is 5.66. The van der Waals surface area contributed by atoms with Gasteiger partial charge >= 0.3 is 5.97 Å². The Hall–Kier alpha value is -2.09. The predicted molar refractivity (Wildman–Crippen MR) is 127 cm³/mol. The SMILES string of the molecule is Cc1ccc(OC(=O)c2ccc(CCC3CCC(C4CCC(C)CC4)CC3)cc2)cc1. The number of benzene rings is 2. The molecule has 2 saturated carbocycles. The normalized spacial score (nSPS) is 26.4. The van der Waals surface area contributed by atoms with Gasteiger partial charge in [-0.05, 0) is 98.9 Å². The quantitative estimate of drug-likeness (QED) is 0.353. The molecule has 0 amide bonds. The van der Waals surface area contributed by atoms with Crippen LogP contribution in [0.3, 0.4) is 0 Å². The molecule has 2 aliphatic carbocycles. The summed E-state index contributed by atoms with van der Waals surface area (Å²) in [6.07, 6.45) is 14.0. The third-order valence-electron chi connectivity index (χ3n) is 7.88. The Morgan fingerprint density at radius 1 is 0.806 bits per heavy atom. The maximum Gasteiger partial charge on any atom is 0.343 e. The van der Waals surface area contributed by atoms with Crippen molar-refractivity contribution in [2.75, 3.05) is 0 Å². The Morgan fingerprint density at radius 2 is 1.39 bits per heavy atom. The molecule has 2 aromatic carbocycles. The minimum atomic E-state index is -0.286. The zero-order valence-corrected chi connectivity index (χ0v) is 19.3. The van der Waals surface area contributed by atoms with Crippen LogP contribution in [0.5, 0.6) is 5.75 Å². The van der Waals surface area contributed by atoms with E-state index in [4.69, 9.17) is 4.74 Å². The second-order valence-electron chi connectivity index (χ2n) is 10.2. The Kier molecular flexibility index (Phi) is 7.48. The Morgan fingerprint density at radius 3 is 2.00 bits per heavy atom. The van der Waals surface area contributed by atoms with Gasteiger partial charge in [0, 0.05) is 0 Å². The van der Waals surface area contributed by atoms with E-state index in [1.165, 1.54) is 63.4 Å². The average Bonchev–Trinajstić information content (AvgIpc) is 2.80. The molecule has 0 heterocycles. The van der Waals surface area contributed by atoms with Gasteiger partial charge in [0.2, 0.25) is 0 Å². The van der Waals surface area contributed by atoms with E-state index in [1.54, 1.807) is 0 Å². The van der Waals surface area contributed by atoms with Crippen molar-refractivity contribution in [2.24, 2.45) is 23.7 Å². The first-order valence-electron chi connectivity index (χ1n) is 12.4. The van der Waals surface area contributed by atoms with Crippen LogP contribution >= 0.6 is 0 Å². The van der Waals surface area contributed by atoms with E-state index in [9.17, 15) is 4.79 Å². The number of aryl methyl sites for hydroxylation is 2. The van der Waals surface area contributed by atoms with Crippen molar-refractivity contribution >= 4 is 5.97 Å². The third-order valence-corrected chi connectivity index (χ3v) is 7.88. The monoisotopic (exact) mass is 418 g/mol. The van der Waals surface area contributed by atoms with E-state index in [-0.39, 0.29) is 5.97 Å². The topological polar surface area (TPSA) is 26.3 Å². The molecule has 0 radical (unpaired) electrons. The van der Waals surface area contributed by atoms with Gasteiger partial charge in [-0.15, -0.1) is 0 Å². The van der Waals surface area contributed by atoms with Crippen LogP contribution in [0, 0.1) is 30.6 Å². The first kappa shape index (κ1) is 22.1. The van der Waals surface area contributed by atoms with Crippen molar-refractivity contribution in [3.05, 3.63) is 65.2 Å². The summed E-state index contributed by atoms with van der Waals surface area (Å²) < 4.78 is 5.48. The molecule has 4 rings (SSSR count). The summed E-state index contributed by atoms with van der Waals surface area (Å²) in [4.78, 5) is 12.4. The molecule has 166 valence electrons. The zero-order valence-electron chi connectivity index (χ0n) is 19.3. The van der Waals surface area contributed by atoms with Crippen molar-refractivity contribution in [3.8, 4) is 5.75 Å². The van der Waals surface area contributed by atoms with Crippen molar-refractivity contribution in [3.63, 3.8) is 0 Å². The third kappa shape index (κ3) is 6.21. The van der Waals surface area contributed by atoms with Crippen LogP contribution in [0.1, 0.15) is 86.2 Å². The highest BCUT2D eigenvalue weighted by atomic mass is 16.5.